The number of nitrogens with zero attached hydrogens (tertiary/aromatic N) is 1. The molecule has 0 aromatic rings. The van der Waals surface area contributed by atoms with E-state index in [2.05, 4.69) is 0 Å². The third-order valence-corrected chi connectivity index (χ3v) is 2.06. The summed E-state index contributed by atoms with van der Waals surface area (Å²) in [5.41, 5.74) is 0. The lowest BCUT2D eigenvalue weighted by Gasteiger charge is -2.07. The number of hydrogen-bond acceptors (Lipinski definition) is 3. The van der Waals surface area contributed by atoms with Gasteiger partial charge in [-0.1, -0.05) is 0 Å². The van der Waals surface area contributed by atoms with E-state index in [1.54, 1.807) is 6.92 Å². The van der Waals surface area contributed by atoms with Gasteiger partial charge in [0, 0.05) is 31.5 Å². The molecule has 1 aliphatic heterocycles. The summed E-state index contributed by atoms with van der Waals surface area (Å²) in [7, 11) is 0. The number of ether oxygens (including phenoxy) is 1. The molecule has 4 heteroatoms. The Bertz CT molecular complexity index is 143. The quantitative estimate of drug-likeness (QED) is 0.457. The first-order chi connectivity index (χ1) is 5.20. The molecule has 1 saturated heterocycles. The van der Waals surface area contributed by atoms with Crippen LogP contribution in [0, 0.1) is 16.0 Å². The van der Waals surface area contributed by atoms with Crippen LogP contribution in [0.3, 0.4) is 0 Å². The van der Waals surface area contributed by atoms with Crippen molar-refractivity contribution < 1.29 is 9.66 Å². The van der Waals surface area contributed by atoms with E-state index in [1.165, 1.54) is 0 Å². The summed E-state index contributed by atoms with van der Waals surface area (Å²) in [4.78, 5) is 10.0. The molecule has 0 saturated carbocycles. The van der Waals surface area contributed by atoms with E-state index in [-0.39, 0.29) is 4.92 Å². The smallest absolute Gasteiger partial charge is 0.210 e. The zero-order chi connectivity index (χ0) is 8.27. The van der Waals surface area contributed by atoms with Crippen LogP contribution >= 0.6 is 0 Å². The molecular weight excluding hydrogens is 146 g/mol. The van der Waals surface area contributed by atoms with Gasteiger partial charge in [0.25, 0.3) is 0 Å². The standard InChI is InChI=1S/C7H13NO3/c1-6(8(9)10)4-7-2-3-11-5-7/h6-7H,2-5H2,1H3. The highest BCUT2D eigenvalue weighted by atomic mass is 16.6. The van der Waals surface area contributed by atoms with Crippen molar-refractivity contribution in [3.8, 4) is 0 Å². The first-order valence-electron chi connectivity index (χ1n) is 3.91. The van der Waals surface area contributed by atoms with Crippen molar-refractivity contribution in [1.29, 1.82) is 0 Å². The molecule has 11 heavy (non-hydrogen) atoms. The Kier molecular flexibility index (Phi) is 2.82. The van der Waals surface area contributed by atoms with E-state index >= 15 is 0 Å². The molecule has 1 rings (SSSR count). The second-order valence-corrected chi connectivity index (χ2v) is 3.10. The third-order valence-electron chi connectivity index (χ3n) is 2.06. The van der Waals surface area contributed by atoms with E-state index in [0.717, 1.165) is 13.0 Å². The predicted molar refractivity (Wildman–Crippen MR) is 40.0 cm³/mol. The molecule has 0 aliphatic carbocycles. The van der Waals surface area contributed by atoms with E-state index in [9.17, 15) is 10.1 Å². The maximum atomic E-state index is 10.3. The summed E-state index contributed by atoms with van der Waals surface area (Å²) >= 11 is 0. The summed E-state index contributed by atoms with van der Waals surface area (Å²) in [5.74, 6) is 0.412. The molecule has 2 unspecified atom stereocenters. The minimum Gasteiger partial charge on any atom is -0.381 e. The zero-order valence-electron chi connectivity index (χ0n) is 6.66. The van der Waals surface area contributed by atoms with Crippen molar-refractivity contribution in [2.24, 2.45) is 5.92 Å². The summed E-state index contributed by atoms with van der Waals surface area (Å²) in [5, 5.41) is 10.3. The summed E-state index contributed by atoms with van der Waals surface area (Å²) < 4.78 is 5.12. The first kappa shape index (κ1) is 8.46. The molecule has 1 heterocycles. The topological polar surface area (TPSA) is 52.4 Å². The monoisotopic (exact) mass is 159 g/mol. The van der Waals surface area contributed by atoms with Crippen LogP contribution in [-0.2, 0) is 4.74 Å². The first-order valence-corrected chi connectivity index (χ1v) is 3.91. The summed E-state index contributed by atoms with van der Waals surface area (Å²) in [6.45, 7) is 3.13. The SMILES string of the molecule is CC(CC1CCOC1)[N+](=O)[O-]. The van der Waals surface area contributed by atoms with Crippen LogP contribution in [-0.4, -0.2) is 24.2 Å². The molecule has 0 amide bonds. The van der Waals surface area contributed by atoms with Crippen molar-refractivity contribution in [3.63, 3.8) is 0 Å². The van der Waals surface area contributed by atoms with Crippen LogP contribution in [0.25, 0.3) is 0 Å². The van der Waals surface area contributed by atoms with E-state index < -0.39 is 6.04 Å². The molecule has 0 radical (unpaired) electrons. The molecular formula is C7H13NO3. The van der Waals surface area contributed by atoms with Gasteiger partial charge in [-0.05, 0) is 12.3 Å². The fraction of sp³-hybridized carbons (Fsp3) is 1.00. The molecule has 0 aromatic carbocycles. The molecule has 1 fully saturated rings. The Balaban J connectivity index is 2.23. The van der Waals surface area contributed by atoms with Gasteiger partial charge >= 0.3 is 0 Å². The largest absolute Gasteiger partial charge is 0.381 e. The van der Waals surface area contributed by atoms with Gasteiger partial charge in [0.1, 0.15) is 0 Å². The molecule has 0 aromatic heterocycles. The van der Waals surface area contributed by atoms with Crippen molar-refractivity contribution >= 4 is 0 Å². The molecule has 0 spiro atoms. The lowest BCUT2D eigenvalue weighted by molar-refractivity contribution is -0.520. The van der Waals surface area contributed by atoms with Crippen LogP contribution < -0.4 is 0 Å². The highest BCUT2D eigenvalue weighted by Gasteiger charge is 2.23. The zero-order valence-corrected chi connectivity index (χ0v) is 6.66. The Morgan fingerprint density at radius 1 is 1.82 bits per heavy atom. The molecule has 0 bridgehead atoms. The average molecular weight is 159 g/mol. The van der Waals surface area contributed by atoms with Gasteiger partial charge in [0.05, 0.1) is 0 Å². The second-order valence-electron chi connectivity index (χ2n) is 3.10. The van der Waals surface area contributed by atoms with Crippen molar-refractivity contribution in [2.75, 3.05) is 13.2 Å². The lowest BCUT2D eigenvalue weighted by atomic mass is 10.0. The molecule has 64 valence electrons. The number of nitro groups is 1. The van der Waals surface area contributed by atoms with Crippen LogP contribution in [0.2, 0.25) is 0 Å². The Morgan fingerprint density at radius 2 is 2.55 bits per heavy atom. The van der Waals surface area contributed by atoms with Gasteiger partial charge in [0.15, 0.2) is 0 Å². The Labute approximate surface area is 65.7 Å². The van der Waals surface area contributed by atoms with Crippen molar-refractivity contribution in [1.82, 2.24) is 0 Å². The van der Waals surface area contributed by atoms with Crippen molar-refractivity contribution in [2.45, 2.75) is 25.8 Å². The fourth-order valence-corrected chi connectivity index (χ4v) is 1.34. The summed E-state index contributed by atoms with van der Waals surface area (Å²) in [6, 6.07) is -0.415. The minimum absolute atomic E-state index is 0.224. The van der Waals surface area contributed by atoms with Crippen LogP contribution in [0.1, 0.15) is 19.8 Å². The van der Waals surface area contributed by atoms with Gasteiger partial charge in [-0.25, -0.2) is 0 Å². The Morgan fingerprint density at radius 3 is 3.00 bits per heavy atom. The third kappa shape index (κ3) is 2.46. The summed E-state index contributed by atoms with van der Waals surface area (Å²) in [6.07, 6.45) is 1.64. The maximum absolute atomic E-state index is 10.3. The van der Waals surface area contributed by atoms with Gasteiger partial charge in [-0.15, -0.1) is 0 Å². The maximum Gasteiger partial charge on any atom is 0.210 e. The number of hydrogen-bond donors (Lipinski definition) is 0. The van der Waals surface area contributed by atoms with Gasteiger partial charge < -0.3 is 4.74 Å². The van der Waals surface area contributed by atoms with Gasteiger partial charge in [-0.2, -0.15) is 0 Å². The second kappa shape index (κ2) is 3.67. The van der Waals surface area contributed by atoms with Crippen LogP contribution in [0.5, 0.6) is 0 Å². The normalized spacial score (nSPS) is 26.8. The van der Waals surface area contributed by atoms with E-state index in [1.807, 2.05) is 0 Å². The molecule has 0 N–H and O–H groups in total. The fourth-order valence-electron chi connectivity index (χ4n) is 1.34. The highest BCUT2D eigenvalue weighted by Crippen LogP contribution is 2.18. The van der Waals surface area contributed by atoms with E-state index in [4.69, 9.17) is 4.74 Å². The lowest BCUT2D eigenvalue weighted by Crippen LogP contribution is -2.19. The van der Waals surface area contributed by atoms with Gasteiger partial charge in [0.2, 0.25) is 6.04 Å². The van der Waals surface area contributed by atoms with Crippen LogP contribution in [0.15, 0.2) is 0 Å². The number of rotatable bonds is 3. The Hall–Kier alpha value is -0.640. The molecule has 2 atom stereocenters. The molecule has 1 aliphatic rings. The van der Waals surface area contributed by atoms with Crippen LogP contribution in [0.4, 0.5) is 0 Å². The average Bonchev–Trinajstić information content (AvgIpc) is 2.39. The van der Waals surface area contributed by atoms with E-state index in [0.29, 0.717) is 18.9 Å². The van der Waals surface area contributed by atoms with Gasteiger partial charge in [-0.3, -0.25) is 10.1 Å². The van der Waals surface area contributed by atoms with Crippen molar-refractivity contribution in [3.05, 3.63) is 10.1 Å². The molecule has 4 nitrogen and oxygen atoms in total. The highest BCUT2D eigenvalue weighted by molar-refractivity contribution is 4.66. The predicted octanol–water partition coefficient (Wildman–Crippen LogP) is 1.08. The minimum atomic E-state index is -0.415.